The molecule has 8 nitrogen and oxygen atoms in total. The predicted molar refractivity (Wildman–Crippen MR) is 125 cm³/mol. The zero-order chi connectivity index (χ0) is 23.6. The van der Waals surface area contributed by atoms with Crippen LogP contribution in [0.2, 0.25) is 0 Å². The average Bonchev–Trinajstić information content (AvgIpc) is 2.79. The first-order chi connectivity index (χ1) is 15.9. The molecule has 0 radical (unpaired) electrons. The van der Waals surface area contributed by atoms with Crippen molar-refractivity contribution < 1.29 is 19.1 Å². The third-order valence-corrected chi connectivity index (χ3v) is 5.73. The van der Waals surface area contributed by atoms with Crippen LogP contribution in [0.15, 0.2) is 48.7 Å². The summed E-state index contributed by atoms with van der Waals surface area (Å²) in [5.41, 5.74) is 7.69. The Hall–Kier alpha value is -3.42. The van der Waals surface area contributed by atoms with Gasteiger partial charge in [0.05, 0.1) is 13.0 Å². The number of benzene rings is 1. The first kappa shape index (κ1) is 24.2. The summed E-state index contributed by atoms with van der Waals surface area (Å²) in [5, 5.41) is 2.80. The number of aromatic nitrogens is 1. The smallest absolute Gasteiger partial charge is 0.308 e. The second-order valence-electron chi connectivity index (χ2n) is 8.55. The second-order valence-corrected chi connectivity index (χ2v) is 8.55. The number of nitrogens with two attached hydrogens (primary N) is 1. The lowest BCUT2D eigenvalue weighted by Crippen LogP contribution is -2.48. The van der Waals surface area contributed by atoms with Gasteiger partial charge in [-0.15, -0.1) is 0 Å². The van der Waals surface area contributed by atoms with Gasteiger partial charge in [-0.25, -0.2) is 4.98 Å². The molecule has 1 saturated heterocycles. The molecule has 2 heterocycles. The van der Waals surface area contributed by atoms with Crippen LogP contribution in [0.3, 0.4) is 0 Å². The molecule has 0 saturated carbocycles. The van der Waals surface area contributed by atoms with Gasteiger partial charge in [0, 0.05) is 24.7 Å². The maximum atomic E-state index is 12.9. The number of hydrogen-bond acceptors (Lipinski definition) is 6. The van der Waals surface area contributed by atoms with Crippen molar-refractivity contribution in [2.45, 2.75) is 51.7 Å². The minimum atomic E-state index is -0.381. The molecule has 1 aliphatic rings. The first-order valence-electron chi connectivity index (χ1n) is 11.4. The molecule has 0 aliphatic carbocycles. The van der Waals surface area contributed by atoms with Gasteiger partial charge in [-0.1, -0.05) is 30.3 Å². The summed E-state index contributed by atoms with van der Waals surface area (Å²) in [6.07, 6.45) is 4.88. The Morgan fingerprint density at radius 3 is 2.79 bits per heavy atom. The molecule has 33 heavy (non-hydrogen) atoms. The molecule has 176 valence electrons. The van der Waals surface area contributed by atoms with Gasteiger partial charge in [-0.3, -0.25) is 14.4 Å². The Kier molecular flexibility index (Phi) is 8.80. The zero-order valence-electron chi connectivity index (χ0n) is 19.0. The van der Waals surface area contributed by atoms with Gasteiger partial charge < -0.3 is 20.7 Å². The van der Waals surface area contributed by atoms with Crippen molar-refractivity contribution in [3.8, 4) is 0 Å². The van der Waals surface area contributed by atoms with E-state index in [2.05, 4.69) is 10.3 Å². The quantitative estimate of drug-likeness (QED) is 0.535. The molecule has 3 rings (SSSR count). The number of ether oxygens (including phenoxy) is 1. The van der Waals surface area contributed by atoms with Gasteiger partial charge >= 0.3 is 5.97 Å². The van der Waals surface area contributed by atoms with E-state index in [1.807, 2.05) is 42.5 Å². The Labute approximate surface area is 194 Å². The van der Waals surface area contributed by atoms with Gasteiger partial charge in [-0.05, 0) is 55.9 Å². The summed E-state index contributed by atoms with van der Waals surface area (Å²) in [7, 11) is 0. The SMILES string of the molecule is C[C@H](CC(=O)OCc1ccccc1)NC(=O)CN1CCC[C@@H](CCc2ccnc(N)c2)C1=O. The molecule has 1 aliphatic heterocycles. The minimum Gasteiger partial charge on any atom is -0.461 e. The van der Waals surface area contributed by atoms with E-state index in [1.165, 1.54) is 0 Å². The summed E-state index contributed by atoms with van der Waals surface area (Å²) >= 11 is 0. The molecule has 2 atom stereocenters. The number of hydrogen-bond donors (Lipinski definition) is 2. The maximum Gasteiger partial charge on any atom is 0.308 e. The van der Waals surface area contributed by atoms with Crippen molar-refractivity contribution in [3.63, 3.8) is 0 Å². The summed E-state index contributed by atoms with van der Waals surface area (Å²) in [6.45, 7) is 2.53. The highest BCUT2D eigenvalue weighted by Crippen LogP contribution is 2.23. The van der Waals surface area contributed by atoms with Crippen LogP contribution in [0.1, 0.15) is 43.7 Å². The van der Waals surface area contributed by atoms with Crippen LogP contribution in [0, 0.1) is 5.92 Å². The summed E-state index contributed by atoms with van der Waals surface area (Å²) in [4.78, 5) is 43.0. The second kappa shape index (κ2) is 12.0. The van der Waals surface area contributed by atoms with E-state index in [0.717, 1.165) is 30.4 Å². The topological polar surface area (TPSA) is 115 Å². The molecule has 1 aromatic heterocycles. The van der Waals surface area contributed by atoms with Crippen molar-refractivity contribution in [3.05, 3.63) is 59.8 Å². The summed E-state index contributed by atoms with van der Waals surface area (Å²) in [6, 6.07) is 12.8. The number of esters is 1. The first-order valence-corrected chi connectivity index (χ1v) is 11.4. The fourth-order valence-corrected chi connectivity index (χ4v) is 4.03. The highest BCUT2D eigenvalue weighted by molar-refractivity contribution is 5.86. The van der Waals surface area contributed by atoms with E-state index in [1.54, 1.807) is 18.0 Å². The number of amides is 2. The Bertz CT molecular complexity index is 950. The van der Waals surface area contributed by atoms with E-state index in [0.29, 0.717) is 18.8 Å². The molecule has 1 fully saturated rings. The standard InChI is InChI=1S/C25H32N4O4/c1-18(14-24(31)33-17-20-6-3-2-4-7-20)28-23(30)16-29-13-5-8-21(25(29)32)10-9-19-11-12-27-22(26)15-19/h2-4,6-7,11-12,15,18,21H,5,8-10,13-14,16-17H2,1H3,(H2,26,27)(H,28,30)/t18-,21+/m1/s1. The van der Waals surface area contributed by atoms with Crippen molar-refractivity contribution in [2.75, 3.05) is 18.8 Å². The third kappa shape index (κ3) is 7.89. The zero-order valence-corrected chi connectivity index (χ0v) is 19.0. The van der Waals surface area contributed by atoms with Crippen LogP contribution >= 0.6 is 0 Å². The lowest BCUT2D eigenvalue weighted by atomic mass is 9.91. The molecular weight excluding hydrogens is 420 g/mol. The van der Waals surface area contributed by atoms with E-state index in [4.69, 9.17) is 10.5 Å². The summed E-state index contributed by atoms with van der Waals surface area (Å²) in [5.74, 6) is -0.273. The number of nitrogens with zero attached hydrogens (tertiary/aromatic N) is 2. The average molecular weight is 453 g/mol. The third-order valence-electron chi connectivity index (χ3n) is 5.73. The van der Waals surface area contributed by atoms with Crippen molar-refractivity contribution >= 4 is 23.6 Å². The molecule has 0 bridgehead atoms. The van der Waals surface area contributed by atoms with Crippen molar-refractivity contribution in [2.24, 2.45) is 5.92 Å². The molecule has 8 heteroatoms. The Morgan fingerprint density at radius 1 is 1.24 bits per heavy atom. The monoisotopic (exact) mass is 452 g/mol. The lowest BCUT2D eigenvalue weighted by Gasteiger charge is -2.32. The van der Waals surface area contributed by atoms with Gasteiger partial charge in [0.25, 0.3) is 0 Å². The van der Waals surface area contributed by atoms with Crippen LogP contribution in [0.5, 0.6) is 0 Å². The van der Waals surface area contributed by atoms with Gasteiger partial charge in [0.15, 0.2) is 0 Å². The van der Waals surface area contributed by atoms with Crippen LogP contribution < -0.4 is 11.1 Å². The fraction of sp³-hybridized carbons (Fsp3) is 0.440. The number of anilines is 1. The number of rotatable bonds is 10. The molecular formula is C25H32N4O4. The van der Waals surface area contributed by atoms with Crippen LogP contribution in [-0.2, 0) is 32.1 Å². The van der Waals surface area contributed by atoms with Gasteiger partial charge in [-0.2, -0.15) is 0 Å². The molecule has 1 aromatic carbocycles. The summed E-state index contributed by atoms with van der Waals surface area (Å²) < 4.78 is 5.27. The highest BCUT2D eigenvalue weighted by atomic mass is 16.5. The normalized spacial score (nSPS) is 16.8. The van der Waals surface area contributed by atoms with Crippen LogP contribution in [0.25, 0.3) is 0 Å². The van der Waals surface area contributed by atoms with Crippen LogP contribution in [-0.4, -0.2) is 46.8 Å². The van der Waals surface area contributed by atoms with Gasteiger partial charge in [0.2, 0.25) is 11.8 Å². The molecule has 2 amide bonds. The molecule has 3 N–H and O–H groups in total. The maximum absolute atomic E-state index is 12.9. The number of carbonyl (C=O) groups excluding carboxylic acids is 3. The van der Waals surface area contributed by atoms with E-state index < -0.39 is 0 Å². The van der Waals surface area contributed by atoms with Crippen LogP contribution in [0.4, 0.5) is 5.82 Å². The van der Waals surface area contributed by atoms with E-state index >= 15 is 0 Å². The van der Waals surface area contributed by atoms with Crippen molar-refractivity contribution in [1.82, 2.24) is 15.2 Å². The Balaban J connectivity index is 1.40. The number of piperidine rings is 1. The number of nitrogen functional groups attached to an aromatic ring is 1. The number of aryl methyl sites for hydroxylation is 1. The van der Waals surface area contributed by atoms with Gasteiger partial charge in [0.1, 0.15) is 12.4 Å². The fourth-order valence-electron chi connectivity index (χ4n) is 4.03. The number of carbonyl (C=O) groups is 3. The predicted octanol–water partition coefficient (Wildman–Crippen LogP) is 2.47. The number of pyridine rings is 1. The minimum absolute atomic E-state index is 0.000934. The molecule has 0 unspecified atom stereocenters. The van der Waals surface area contributed by atoms with E-state index in [-0.39, 0.29) is 49.3 Å². The number of nitrogens with one attached hydrogen (secondary N) is 1. The van der Waals surface area contributed by atoms with Crippen molar-refractivity contribution in [1.29, 1.82) is 0 Å². The molecule has 0 spiro atoms. The van der Waals surface area contributed by atoms with E-state index in [9.17, 15) is 14.4 Å². The number of likely N-dealkylation sites (tertiary alicyclic amines) is 1. The largest absolute Gasteiger partial charge is 0.461 e. The Morgan fingerprint density at radius 2 is 2.03 bits per heavy atom. The lowest BCUT2D eigenvalue weighted by molar-refractivity contribution is -0.146. The highest BCUT2D eigenvalue weighted by Gasteiger charge is 2.29. The molecule has 2 aromatic rings.